The number of hydrogen-bond donors (Lipinski definition) is 0. The van der Waals surface area contributed by atoms with Gasteiger partial charge in [0.2, 0.25) is 0 Å². The predicted molar refractivity (Wildman–Crippen MR) is 168 cm³/mol. The number of hydrogen-bond acceptors (Lipinski definition) is 6. The predicted octanol–water partition coefficient (Wildman–Crippen LogP) is 6.75. The van der Waals surface area contributed by atoms with E-state index in [0.717, 1.165) is 42.1 Å². The van der Waals surface area contributed by atoms with Crippen LogP contribution in [-0.4, -0.2) is 33.6 Å². The van der Waals surface area contributed by atoms with E-state index in [2.05, 4.69) is 9.97 Å². The topological polar surface area (TPSA) is 101 Å². The van der Waals surface area contributed by atoms with Gasteiger partial charge in [-0.25, -0.2) is 19.8 Å². The molecule has 9 rings (SSSR count). The number of anilines is 2. The summed E-state index contributed by atoms with van der Waals surface area (Å²) in [6, 6.07) is 25.1. The second-order valence-electron chi connectivity index (χ2n) is 11.3. The van der Waals surface area contributed by atoms with Gasteiger partial charge in [-0.2, -0.15) is 0 Å². The number of benzene rings is 5. The van der Waals surface area contributed by atoms with E-state index in [1.54, 1.807) is 48.5 Å². The Morgan fingerprint density at radius 2 is 0.727 bits per heavy atom. The van der Waals surface area contributed by atoms with Crippen LogP contribution in [-0.2, 0) is 0 Å². The number of amides is 4. The number of carbonyl (C=O) groups is 4. The summed E-state index contributed by atoms with van der Waals surface area (Å²) in [6.07, 6.45) is 0. The Balaban J connectivity index is 1.32. The first-order chi connectivity index (χ1) is 21.3. The van der Waals surface area contributed by atoms with Crippen LogP contribution >= 0.6 is 0 Å². The van der Waals surface area contributed by atoms with E-state index in [9.17, 15) is 19.2 Å². The molecule has 8 nitrogen and oxygen atoms in total. The summed E-state index contributed by atoms with van der Waals surface area (Å²) in [5.41, 5.74) is 3.08. The Morgan fingerprint density at radius 3 is 1.02 bits per heavy atom. The van der Waals surface area contributed by atoms with Crippen LogP contribution in [0.4, 0.5) is 11.6 Å². The van der Waals surface area contributed by atoms with Crippen LogP contribution in [0.2, 0.25) is 0 Å². The summed E-state index contributed by atoms with van der Waals surface area (Å²) in [6.45, 7) is 3.63. The van der Waals surface area contributed by atoms with Crippen LogP contribution < -0.4 is 9.80 Å². The van der Waals surface area contributed by atoms with Gasteiger partial charge in [0.1, 0.15) is 11.6 Å². The molecule has 7 aromatic rings. The molecule has 0 saturated carbocycles. The van der Waals surface area contributed by atoms with Crippen LogP contribution in [0.25, 0.3) is 43.1 Å². The summed E-state index contributed by atoms with van der Waals surface area (Å²) in [5.74, 6) is -1.15. The quantitative estimate of drug-likeness (QED) is 0.129. The fourth-order valence-electron chi connectivity index (χ4n) is 6.99. The SMILES string of the molecule is Cc1cccc(N2C(=O)c3ccc4c5ccc6c7c(ccc(c8ccc(c3c48)C2=O)c75)C(=O)N(c2cccc(C)n2)C6=O)n1. The maximum atomic E-state index is 13.8. The van der Waals surface area contributed by atoms with Crippen molar-refractivity contribution in [3.8, 4) is 0 Å². The second kappa shape index (κ2) is 8.29. The number of nitrogens with zero attached hydrogens (tertiary/aromatic N) is 4. The third-order valence-corrected chi connectivity index (χ3v) is 8.84. The summed E-state index contributed by atoms with van der Waals surface area (Å²) < 4.78 is 0. The molecule has 4 amide bonds. The number of carbonyl (C=O) groups excluding carboxylic acids is 4. The average Bonchev–Trinajstić information content (AvgIpc) is 3.02. The fraction of sp³-hybridized carbons (Fsp3) is 0.0556. The van der Waals surface area contributed by atoms with E-state index in [1.807, 2.05) is 50.2 Å². The summed E-state index contributed by atoms with van der Waals surface area (Å²) in [7, 11) is 0. The molecule has 44 heavy (non-hydrogen) atoms. The van der Waals surface area contributed by atoms with E-state index < -0.39 is 23.6 Å². The Morgan fingerprint density at radius 1 is 0.409 bits per heavy atom. The molecular weight excluding hydrogens is 552 g/mol. The molecule has 0 unspecified atom stereocenters. The number of aryl methyl sites for hydroxylation is 2. The Bertz CT molecular complexity index is 2220. The summed E-state index contributed by atoms with van der Waals surface area (Å²) in [4.78, 5) is 66.6. The zero-order valence-corrected chi connectivity index (χ0v) is 23.5. The van der Waals surface area contributed by atoms with E-state index in [4.69, 9.17) is 0 Å². The number of pyridine rings is 2. The Kier molecular flexibility index (Phi) is 4.63. The maximum absolute atomic E-state index is 13.8. The molecule has 5 aromatic carbocycles. The van der Waals surface area contributed by atoms with Crippen molar-refractivity contribution in [3.05, 3.63) is 119 Å². The van der Waals surface area contributed by atoms with Crippen molar-refractivity contribution in [3.63, 3.8) is 0 Å². The highest BCUT2D eigenvalue weighted by molar-refractivity contribution is 6.45. The minimum atomic E-state index is -0.429. The van der Waals surface area contributed by atoms with Crippen LogP contribution in [0.5, 0.6) is 0 Å². The van der Waals surface area contributed by atoms with Crippen molar-refractivity contribution in [2.45, 2.75) is 13.8 Å². The lowest BCUT2D eigenvalue weighted by Crippen LogP contribution is -2.41. The number of aromatic nitrogens is 2. The molecule has 0 fully saturated rings. The van der Waals surface area contributed by atoms with Crippen LogP contribution in [0, 0.1) is 13.8 Å². The van der Waals surface area contributed by atoms with Gasteiger partial charge in [0.25, 0.3) is 23.6 Å². The number of imide groups is 2. The van der Waals surface area contributed by atoms with E-state index >= 15 is 0 Å². The maximum Gasteiger partial charge on any atom is 0.267 e. The van der Waals surface area contributed by atoms with Crippen molar-refractivity contribution in [1.82, 2.24) is 9.97 Å². The lowest BCUT2D eigenvalue weighted by Gasteiger charge is -2.29. The smallest absolute Gasteiger partial charge is 0.267 e. The highest BCUT2D eigenvalue weighted by Gasteiger charge is 2.38. The van der Waals surface area contributed by atoms with Gasteiger partial charge < -0.3 is 0 Å². The van der Waals surface area contributed by atoms with Crippen molar-refractivity contribution in [2.24, 2.45) is 0 Å². The van der Waals surface area contributed by atoms with Crippen LogP contribution in [0.1, 0.15) is 52.8 Å². The monoisotopic (exact) mass is 572 g/mol. The van der Waals surface area contributed by atoms with E-state index in [-0.39, 0.29) is 11.6 Å². The molecule has 0 saturated heterocycles. The standard InChI is InChI=1S/C36H20N4O4/c1-17-5-3-7-27(37-17)39-33(41)23-13-9-19-21-11-15-25-32-26(36(44)40(35(25)43)28-8-4-6-18(2)38-28)16-12-22(30(21)32)20-10-14-24(34(39)42)31(23)29(19)20/h3-16H,1-2H3. The zero-order chi connectivity index (χ0) is 30.0. The molecule has 2 aliphatic rings. The fourth-order valence-corrected chi connectivity index (χ4v) is 6.99. The van der Waals surface area contributed by atoms with Gasteiger partial charge >= 0.3 is 0 Å². The van der Waals surface area contributed by atoms with Crippen LogP contribution in [0.15, 0.2) is 84.9 Å². The lowest BCUT2D eigenvalue weighted by molar-refractivity contribution is 0.0876. The second-order valence-corrected chi connectivity index (χ2v) is 11.3. The molecule has 0 atom stereocenters. The van der Waals surface area contributed by atoms with Gasteiger partial charge in [-0.05, 0) is 94.7 Å². The number of rotatable bonds is 2. The van der Waals surface area contributed by atoms with Gasteiger partial charge in [0, 0.05) is 44.4 Å². The molecule has 0 aliphatic carbocycles. The molecule has 208 valence electrons. The first-order valence-corrected chi connectivity index (χ1v) is 14.2. The Labute approximate surface area is 249 Å². The highest BCUT2D eigenvalue weighted by Crippen LogP contribution is 2.46. The first-order valence-electron chi connectivity index (χ1n) is 14.2. The molecule has 0 N–H and O–H groups in total. The first kappa shape index (κ1) is 24.6. The number of fused-ring (bicyclic) bond motifs is 2. The molecule has 2 aliphatic heterocycles. The normalized spacial score (nSPS) is 14.7. The molecular formula is C36H20N4O4. The third kappa shape index (κ3) is 2.96. The largest absolute Gasteiger partial charge is 0.268 e. The minimum absolute atomic E-state index is 0.285. The molecule has 0 bridgehead atoms. The van der Waals surface area contributed by atoms with E-state index in [0.29, 0.717) is 44.4 Å². The van der Waals surface area contributed by atoms with Crippen molar-refractivity contribution in [2.75, 3.05) is 9.80 Å². The minimum Gasteiger partial charge on any atom is -0.268 e. The highest BCUT2D eigenvalue weighted by atomic mass is 16.2. The van der Waals surface area contributed by atoms with E-state index in [1.165, 1.54) is 0 Å². The van der Waals surface area contributed by atoms with Gasteiger partial charge in [-0.3, -0.25) is 19.2 Å². The molecule has 0 radical (unpaired) electrons. The molecule has 4 heterocycles. The van der Waals surface area contributed by atoms with Gasteiger partial charge in [0.15, 0.2) is 0 Å². The summed E-state index contributed by atoms with van der Waals surface area (Å²) in [5, 5.41) is 6.14. The molecule has 8 heteroatoms. The van der Waals surface area contributed by atoms with Crippen molar-refractivity contribution >= 4 is 78.4 Å². The molecule has 2 aromatic heterocycles. The lowest BCUT2D eigenvalue weighted by atomic mass is 9.82. The van der Waals surface area contributed by atoms with Crippen molar-refractivity contribution < 1.29 is 19.2 Å². The van der Waals surface area contributed by atoms with Gasteiger partial charge in [0.05, 0.1) is 0 Å². The van der Waals surface area contributed by atoms with Gasteiger partial charge in [-0.1, -0.05) is 36.4 Å². The summed E-state index contributed by atoms with van der Waals surface area (Å²) >= 11 is 0. The zero-order valence-electron chi connectivity index (χ0n) is 23.5. The average molecular weight is 573 g/mol. The van der Waals surface area contributed by atoms with Crippen LogP contribution in [0.3, 0.4) is 0 Å². The van der Waals surface area contributed by atoms with Crippen molar-refractivity contribution in [1.29, 1.82) is 0 Å². The molecule has 0 spiro atoms. The third-order valence-electron chi connectivity index (χ3n) is 8.84. The Hall–Kier alpha value is -6.02. The van der Waals surface area contributed by atoms with Gasteiger partial charge in [-0.15, -0.1) is 0 Å².